The minimum atomic E-state index is -1.22. The molecule has 1 saturated heterocycles. The van der Waals surface area contributed by atoms with Crippen LogP contribution in [-0.4, -0.2) is 55.6 Å². The van der Waals surface area contributed by atoms with Gasteiger partial charge in [0.05, 0.1) is 6.61 Å². The van der Waals surface area contributed by atoms with Crippen LogP contribution in [0.25, 0.3) is 0 Å². The van der Waals surface area contributed by atoms with Gasteiger partial charge in [0.1, 0.15) is 0 Å². The lowest BCUT2D eigenvalue weighted by Crippen LogP contribution is -2.48. The van der Waals surface area contributed by atoms with Gasteiger partial charge in [-0.2, -0.15) is 0 Å². The fraction of sp³-hybridized carbons (Fsp3) is 0.833. The van der Waals surface area contributed by atoms with Gasteiger partial charge in [-0.25, -0.2) is 4.79 Å². The highest BCUT2D eigenvalue weighted by Crippen LogP contribution is 2.07. The first-order valence-corrected chi connectivity index (χ1v) is 6.57. The lowest BCUT2D eigenvalue weighted by molar-refractivity contribution is -0.147. The van der Waals surface area contributed by atoms with Gasteiger partial charge < -0.3 is 20.7 Å². The zero-order chi connectivity index (χ0) is 13.4. The van der Waals surface area contributed by atoms with E-state index in [4.69, 9.17) is 5.73 Å². The van der Waals surface area contributed by atoms with Crippen molar-refractivity contribution in [3.8, 4) is 0 Å². The number of ether oxygens (including phenoxy) is 1. The summed E-state index contributed by atoms with van der Waals surface area (Å²) < 4.78 is 4.69. The number of esters is 1. The van der Waals surface area contributed by atoms with Crippen LogP contribution in [0.4, 0.5) is 0 Å². The molecule has 1 aliphatic rings. The van der Waals surface area contributed by atoms with Crippen LogP contribution in [0, 0.1) is 0 Å². The number of rotatable bonds is 6. The SMILES string of the molecule is CCOC(=O)C(N)C(=O)NCCN1CCCCC1. The van der Waals surface area contributed by atoms with Gasteiger partial charge in [-0.3, -0.25) is 4.79 Å². The number of nitrogens with one attached hydrogen (secondary N) is 1. The van der Waals surface area contributed by atoms with E-state index in [0.29, 0.717) is 6.54 Å². The Morgan fingerprint density at radius 2 is 2.00 bits per heavy atom. The number of nitrogens with zero attached hydrogens (tertiary/aromatic N) is 1. The molecule has 1 amide bonds. The first-order chi connectivity index (χ1) is 8.65. The number of amides is 1. The third-order valence-electron chi connectivity index (χ3n) is 3.00. The summed E-state index contributed by atoms with van der Waals surface area (Å²) >= 11 is 0. The largest absolute Gasteiger partial charge is 0.464 e. The van der Waals surface area contributed by atoms with Gasteiger partial charge >= 0.3 is 5.97 Å². The fourth-order valence-electron chi connectivity index (χ4n) is 1.97. The molecule has 3 N–H and O–H groups in total. The summed E-state index contributed by atoms with van der Waals surface area (Å²) in [4.78, 5) is 25.1. The molecule has 1 aliphatic heterocycles. The molecule has 1 heterocycles. The number of carbonyl (C=O) groups excluding carboxylic acids is 2. The van der Waals surface area contributed by atoms with Crippen LogP contribution in [0.1, 0.15) is 26.2 Å². The topological polar surface area (TPSA) is 84.7 Å². The first kappa shape index (κ1) is 14.9. The highest BCUT2D eigenvalue weighted by molar-refractivity contribution is 6.01. The van der Waals surface area contributed by atoms with Crippen molar-refractivity contribution in [3.63, 3.8) is 0 Å². The second-order valence-corrected chi connectivity index (χ2v) is 4.42. The summed E-state index contributed by atoms with van der Waals surface area (Å²) in [6.45, 7) is 5.40. The Labute approximate surface area is 108 Å². The molecule has 0 bridgehead atoms. The lowest BCUT2D eigenvalue weighted by atomic mass is 10.1. The first-order valence-electron chi connectivity index (χ1n) is 6.57. The average molecular weight is 257 g/mol. The van der Waals surface area contributed by atoms with Crippen LogP contribution in [0.3, 0.4) is 0 Å². The highest BCUT2D eigenvalue weighted by atomic mass is 16.5. The molecule has 104 valence electrons. The van der Waals surface area contributed by atoms with Gasteiger partial charge in [0.2, 0.25) is 5.91 Å². The van der Waals surface area contributed by atoms with Gasteiger partial charge in [-0.15, -0.1) is 0 Å². The molecule has 0 aromatic rings. The Morgan fingerprint density at radius 3 is 2.61 bits per heavy atom. The number of likely N-dealkylation sites (tertiary alicyclic amines) is 1. The maximum Gasteiger partial charge on any atom is 0.332 e. The number of hydrogen-bond acceptors (Lipinski definition) is 5. The third kappa shape index (κ3) is 5.01. The van der Waals surface area contributed by atoms with E-state index in [1.54, 1.807) is 6.92 Å². The maximum absolute atomic E-state index is 11.5. The predicted molar refractivity (Wildman–Crippen MR) is 67.9 cm³/mol. The van der Waals surface area contributed by atoms with Gasteiger partial charge in [0.25, 0.3) is 0 Å². The van der Waals surface area contributed by atoms with E-state index in [0.717, 1.165) is 19.6 Å². The Balaban J connectivity index is 2.17. The van der Waals surface area contributed by atoms with E-state index in [-0.39, 0.29) is 6.61 Å². The van der Waals surface area contributed by atoms with E-state index < -0.39 is 17.9 Å². The van der Waals surface area contributed by atoms with Crippen molar-refractivity contribution in [3.05, 3.63) is 0 Å². The Hall–Kier alpha value is -1.14. The van der Waals surface area contributed by atoms with Crippen molar-refractivity contribution in [1.82, 2.24) is 10.2 Å². The van der Waals surface area contributed by atoms with Crippen LogP contribution >= 0.6 is 0 Å². The minimum absolute atomic E-state index is 0.230. The van der Waals surface area contributed by atoms with Crippen molar-refractivity contribution in [2.24, 2.45) is 5.73 Å². The number of piperidine rings is 1. The van der Waals surface area contributed by atoms with E-state index in [2.05, 4.69) is 15.0 Å². The summed E-state index contributed by atoms with van der Waals surface area (Å²) in [5.41, 5.74) is 5.47. The molecule has 0 aliphatic carbocycles. The Morgan fingerprint density at radius 1 is 1.33 bits per heavy atom. The van der Waals surface area contributed by atoms with Gasteiger partial charge in [-0.1, -0.05) is 6.42 Å². The van der Waals surface area contributed by atoms with Gasteiger partial charge in [0, 0.05) is 13.1 Å². The lowest BCUT2D eigenvalue weighted by Gasteiger charge is -2.26. The zero-order valence-electron chi connectivity index (χ0n) is 11.0. The second kappa shape index (κ2) is 8.05. The van der Waals surface area contributed by atoms with Crippen LogP contribution in [-0.2, 0) is 14.3 Å². The van der Waals surface area contributed by atoms with E-state index in [1.807, 2.05) is 0 Å². The number of carbonyl (C=O) groups is 2. The van der Waals surface area contributed by atoms with E-state index in [1.165, 1.54) is 19.3 Å². The number of hydrogen-bond donors (Lipinski definition) is 2. The quantitative estimate of drug-likeness (QED) is 0.494. The third-order valence-corrected chi connectivity index (χ3v) is 3.00. The van der Waals surface area contributed by atoms with Crippen molar-refractivity contribution in [2.75, 3.05) is 32.8 Å². The molecule has 1 atom stereocenters. The molecule has 0 aromatic heterocycles. The Bertz CT molecular complexity index is 278. The normalized spacial score (nSPS) is 18.1. The smallest absolute Gasteiger partial charge is 0.332 e. The molecule has 1 fully saturated rings. The molecule has 0 spiro atoms. The standard InChI is InChI=1S/C12H23N3O3/c1-2-18-12(17)10(13)11(16)14-6-9-15-7-4-3-5-8-15/h10H,2-9,13H2,1H3,(H,14,16). The molecule has 0 saturated carbocycles. The molecule has 18 heavy (non-hydrogen) atoms. The second-order valence-electron chi connectivity index (χ2n) is 4.42. The summed E-state index contributed by atoms with van der Waals surface area (Å²) in [5.74, 6) is -1.14. The van der Waals surface area contributed by atoms with E-state index >= 15 is 0 Å². The maximum atomic E-state index is 11.5. The predicted octanol–water partition coefficient (Wildman–Crippen LogP) is -0.521. The van der Waals surface area contributed by atoms with Crippen molar-refractivity contribution < 1.29 is 14.3 Å². The van der Waals surface area contributed by atoms with Crippen molar-refractivity contribution in [1.29, 1.82) is 0 Å². The minimum Gasteiger partial charge on any atom is -0.464 e. The number of nitrogens with two attached hydrogens (primary N) is 1. The van der Waals surface area contributed by atoms with Crippen molar-refractivity contribution >= 4 is 11.9 Å². The summed E-state index contributed by atoms with van der Waals surface area (Å²) in [6, 6.07) is -1.22. The molecular weight excluding hydrogens is 234 g/mol. The van der Waals surface area contributed by atoms with Gasteiger partial charge in [-0.05, 0) is 32.9 Å². The molecule has 6 heteroatoms. The van der Waals surface area contributed by atoms with Crippen molar-refractivity contribution in [2.45, 2.75) is 32.2 Å². The highest BCUT2D eigenvalue weighted by Gasteiger charge is 2.23. The van der Waals surface area contributed by atoms with Crippen LogP contribution in [0.2, 0.25) is 0 Å². The monoisotopic (exact) mass is 257 g/mol. The molecule has 0 aromatic carbocycles. The average Bonchev–Trinajstić information content (AvgIpc) is 2.39. The molecule has 6 nitrogen and oxygen atoms in total. The van der Waals surface area contributed by atoms with Crippen LogP contribution in [0.5, 0.6) is 0 Å². The molecule has 0 radical (unpaired) electrons. The molecular formula is C12H23N3O3. The summed E-state index contributed by atoms with van der Waals surface area (Å²) in [7, 11) is 0. The van der Waals surface area contributed by atoms with E-state index in [9.17, 15) is 9.59 Å². The van der Waals surface area contributed by atoms with Gasteiger partial charge in [0.15, 0.2) is 6.04 Å². The summed E-state index contributed by atoms with van der Waals surface area (Å²) in [5, 5.41) is 2.66. The zero-order valence-corrected chi connectivity index (χ0v) is 11.0. The van der Waals surface area contributed by atoms with Crippen LogP contribution in [0.15, 0.2) is 0 Å². The molecule has 1 unspecified atom stereocenters. The molecule has 1 rings (SSSR count). The fourth-order valence-corrected chi connectivity index (χ4v) is 1.97. The Kier molecular flexibility index (Phi) is 6.67. The van der Waals surface area contributed by atoms with Crippen LogP contribution < -0.4 is 11.1 Å². The summed E-state index contributed by atoms with van der Waals surface area (Å²) in [6.07, 6.45) is 3.73.